The number of morpholine rings is 1. The molecule has 1 aromatic rings. The predicted octanol–water partition coefficient (Wildman–Crippen LogP) is 1.78. The fourth-order valence-electron chi connectivity index (χ4n) is 3.80. The van der Waals surface area contributed by atoms with E-state index in [1.807, 2.05) is 0 Å². The lowest BCUT2D eigenvalue weighted by molar-refractivity contribution is -0.129. The summed E-state index contributed by atoms with van der Waals surface area (Å²) in [6.07, 6.45) is 2.86. The van der Waals surface area contributed by atoms with E-state index in [0.29, 0.717) is 0 Å². The summed E-state index contributed by atoms with van der Waals surface area (Å²) in [4.78, 5) is 15.0. The maximum atomic E-state index is 12.6. The summed E-state index contributed by atoms with van der Waals surface area (Å²) < 4.78 is 6.02. The van der Waals surface area contributed by atoms with Gasteiger partial charge >= 0.3 is 0 Å². The number of carbonyl (C=O) groups excluding carboxylic acids is 1. The van der Waals surface area contributed by atoms with E-state index in [9.17, 15) is 4.79 Å². The highest BCUT2D eigenvalue weighted by Crippen LogP contribution is 2.17. The number of ether oxygens (including phenoxy) is 1. The van der Waals surface area contributed by atoms with Crippen molar-refractivity contribution in [1.82, 2.24) is 15.5 Å². The summed E-state index contributed by atoms with van der Waals surface area (Å²) in [6, 6.07) is 10.7. The molecule has 25 heavy (non-hydrogen) atoms. The van der Waals surface area contributed by atoms with Crippen molar-refractivity contribution in [3.8, 4) is 0 Å². The lowest BCUT2D eigenvalue weighted by Gasteiger charge is -2.37. The van der Waals surface area contributed by atoms with Gasteiger partial charge in [-0.2, -0.15) is 0 Å². The molecule has 0 aromatic heterocycles. The first-order valence-electron chi connectivity index (χ1n) is 9.65. The second-order valence-electron chi connectivity index (χ2n) is 7.18. The predicted molar refractivity (Wildman–Crippen MR) is 99.3 cm³/mol. The van der Waals surface area contributed by atoms with E-state index >= 15 is 0 Å². The SMILES string of the molecule is CC[C@H](NC(=O)C1CCNCC1)[C@@H]1CN(Cc2ccccc2)CCO1. The largest absolute Gasteiger partial charge is 0.373 e. The van der Waals surface area contributed by atoms with Gasteiger partial charge in [0.1, 0.15) is 0 Å². The minimum atomic E-state index is 0.0770. The Labute approximate surface area is 151 Å². The van der Waals surface area contributed by atoms with Gasteiger partial charge in [-0.1, -0.05) is 37.3 Å². The average molecular weight is 345 g/mol. The highest BCUT2D eigenvalue weighted by atomic mass is 16.5. The fourth-order valence-corrected chi connectivity index (χ4v) is 3.80. The van der Waals surface area contributed by atoms with Crippen LogP contribution < -0.4 is 10.6 Å². The molecular weight excluding hydrogens is 314 g/mol. The zero-order valence-electron chi connectivity index (χ0n) is 15.2. The third-order valence-electron chi connectivity index (χ3n) is 5.35. The smallest absolute Gasteiger partial charge is 0.223 e. The lowest BCUT2D eigenvalue weighted by atomic mass is 9.96. The summed E-state index contributed by atoms with van der Waals surface area (Å²) in [5.74, 6) is 0.358. The number of hydrogen-bond donors (Lipinski definition) is 2. The first-order chi connectivity index (χ1) is 12.3. The quantitative estimate of drug-likeness (QED) is 0.825. The van der Waals surface area contributed by atoms with Crippen LogP contribution in [0.15, 0.2) is 30.3 Å². The van der Waals surface area contributed by atoms with Crippen LogP contribution in [0, 0.1) is 5.92 Å². The first-order valence-corrected chi connectivity index (χ1v) is 9.65. The molecule has 2 N–H and O–H groups in total. The lowest BCUT2D eigenvalue weighted by Crippen LogP contribution is -2.54. The molecule has 2 aliphatic rings. The standard InChI is InChI=1S/C20H31N3O2/c1-2-18(22-20(24)17-8-10-21-11-9-17)19-15-23(12-13-25-19)14-16-6-4-3-5-7-16/h3-7,17-19,21H,2,8-15H2,1H3,(H,22,24)/t18-,19-/m0/s1. The van der Waals surface area contributed by atoms with Gasteiger partial charge in [0.2, 0.25) is 5.91 Å². The van der Waals surface area contributed by atoms with Gasteiger partial charge < -0.3 is 15.4 Å². The van der Waals surface area contributed by atoms with Crippen molar-refractivity contribution < 1.29 is 9.53 Å². The molecule has 0 saturated carbocycles. The Morgan fingerprint density at radius 3 is 2.80 bits per heavy atom. The number of amides is 1. The van der Waals surface area contributed by atoms with Crippen molar-refractivity contribution in [1.29, 1.82) is 0 Å². The van der Waals surface area contributed by atoms with E-state index in [0.717, 1.165) is 58.6 Å². The Kier molecular flexibility index (Phi) is 6.84. The molecule has 2 saturated heterocycles. The van der Waals surface area contributed by atoms with Crippen molar-refractivity contribution in [2.75, 3.05) is 32.8 Å². The number of hydrogen-bond acceptors (Lipinski definition) is 4. The minimum absolute atomic E-state index is 0.0770. The monoisotopic (exact) mass is 345 g/mol. The van der Waals surface area contributed by atoms with Crippen LogP contribution in [0.5, 0.6) is 0 Å². The second-order valence-corrected chi connectivity index (χ2v) is 7.18. The molecule has 2 atom stereocenters. The number of nitrogens with one attached hydrogen (secondary N) is 2. The third kappa shape index (κ3) is 5.27. The Balaban J connectivity index is 1.53. The summed E-state index contributed by atoms with van der Waals surface area (Å²) in [5.41, 5.74) is 1.33. The van der Waals surface area contributed by atoms with E-state index in [1.165, 1.54) is 5.56 Å². The van der Waals surface area contributed by atoms with Gasteiger partial charge in [0.25, 0.3) is 0 Å². The Hall–Kier alpha value is -1.43. The van der Waals surface area contributed by atoms with Gasteiger partial charge in [-0.25, -0.2) is 0 Å². The van der Waals surface area contributed by atoms with Crippen LogP contribution in [-0.2, 0) is 16.1 Å². The van der Waals surface area contributed by atoms with Crippen LogP contribution in [0.4, 0.5) is 0 Å². The van der Waals surface area contributed by atoms with E-state index < -0.39 is 0 Å². The third-order valence-corrected chi connectivity index (χ3v) is 5.35. The fraction of sp³-hybridized carbons (Fsp3) is 0.650. The Bertz CT molecular complexity index is 531. The van der Waals surface area contributed by atoms with Crippen LogP contribution >= 0.6 is 0 Å². The Morgan fingerprint density at radius 1 is 1.32 bits per heavy atom. The molecule has 2 heterocycles. The van der Waals surface area contributed by atoms with Crippen LogP contribution in [-0.4, -0.2) is 55.7 Å². The average Bonchev–Trinajstić information content (AvgIpc) is 2.67. The molecule has 0 aliphatic carbocycles. The van der Waals surface area contributed by atoms with Crippen LogP contribution in [0.1, 0.15) is 31.7 Å². The van der Waals surface area contributed by atoms with E-state index in [2.05, 4.69) is 52.8 Å². The molecule has 0 spiro atoms. The van der Waals surface area contributed by atoms with E-state index in [1.54, 1.807) is 0 Å². The minimum Gasteiger partial charge on any atom is -0.373 e. The number of nitrogens with zero attached hydrogens (tertiary/aromatic N) is 1. The van der Waals surface area contributed by atoms with Crippen LogP contribution in [0.25, 0.3) is 0 Å². The highest BCUT2D eigenvalue weighted by molar-refractivity contribution is 5.79. The molecule has 0 bridgehead atoms. The van der Waals surface area contributed by atoms with Gasteiger partial charge in [-0.15, -0.1) is 0 Å². The topological polar surface area (TPSA) is 53.6 Å². The van der Waals surface area contributed by atoms with E-state index in [4.69, 9.17) is 4.74 Å². The first kappa shape index (κ1) is 18.4. The molecule has 1 aromatic carbocycles. The van der Waals surface area contributed by atoms with Gasteiger partial charge in [0.05, 0.1) is 18.8 Å². The molecule has 5 heteroatoms. The Morgan fingerprint density at radius 2 is 2.08 bits per heavy atom. The zero-order valence-corrected chi connectivity index (χ0v) is 15.2. The van der Waals surface area contributed by atoms with Gasteiger partial charge in [-0.3, -0.25) is 9.69 Å². The van der Waals surface area contributed by atoms with Crippen molar-refractivity contribution in [2.24, 2.45) is 5.92 Å². The number of carbonyl (C=O) groups is 1. The zero-order chi connectivity index (χ0) is 17.5. The second kappa shape index (κ2) is 9.32. The summed E-state index contributed by atoms with van der Waals surface area (Å²) in [6.45, 7) is 7.52. The van der Waals surface area contributed by atoms with Gasteiger partial charge in [0, 0.05) is 25.6 Å². The highest BCUT2D eigenvalue weighted by Gasteiger charge is 2.30. The van der Waals surface area contributed by atoms with Crippen molar-refractivity contribution >= 4 is 5.91 Å². The summed E-state index contributed by atoms with van der Waals surface area (Å²) in [7, 11) is 0. The summed E-state index contributed by atoms with van der Waals surface area (Å²) in [5, 5.41) is 6.59. The molecule has 3 rings (SSSR count). The number of rotatable bonds is 6. The van der Waals surface area contributed by atoms with Gasteiger partial charge in [0.15, 0.2) is 0 Å². The molecular formula is C20H31N3O2. The molecule has 5 nitrogen and oxygen atoms in total. The van der Waals surface area contributed by atoms with Crippen molar-refractivity contribution in [3.63, 3.8) is 0 Å². The molecule has 138 valence electrons. The maximum absolute atomic E-state index is 12.6. The molecule has 0 radical (unpaired) electrons. The van der Waals surface area contributed by atoms with Crippen molar-refractivity contribution in [3.05, 3.63) is 35.9 Å². The molecule has 2 aliphatic heterocycles. The number of benzene rings is 1. The normalized spacial score (nSPS) is 24.0. The molecule has 1 amide bonds. The molecule has 2 fully saturated rings. The van der Waals surface area contributed by atoms with Crippen LogP contribution in [0.3, 0.4) is 0 Å². The van der Waals surface area contributed by atoms with Crippen LogP contribution in [0.2, 0.25) is 0 Å². The number of piperidine rings is 1. The summed E-state index contributed by atoms with van der Waals surface area (Å²) >= 11 is 0. The van der Waals surface area contributed by atoms with Crippen molar-refractivity contribution in [2.45, 2.75) is 44.9 Å². The maximum Gasteiger partial charge on any atom is 0.223 e. The van der Waals surface area contributed by atoms with E-state index in [-0.39, 0.29) is 24.0 Å². The molecule has 0 unspecified atom stereocenters. The van der Waals surface area contributed by atoms with Gasteiger partial charge in [-0.05, 0) is 37.9 Å².